The summed E-state index contributed by atoms with van der Waals surface area (Å²) in [5, 5.41) is 13.4. The van der Waals surface area contributed by atoms with Crippen LogP contribution in [0.4, 0.5) is 11.4 Å². The highest BCUT2D eigenvalue weighted by molar-refractivity contribution is 5.70. The smallest absolute Gasteiger partial charge is 0.0602 e. The zero-order valence-corrected chi connectivity index (χ0v) is 15.0. The molecule has 0 saturated carbocycles. The second kappa shape index (κ2) is 7.27. The highest BCUT2D eigenvalue weighted by Gasteiger charge is 2.19. The highest BCUT2D eigenvalue weighted by atomic mass is 16.3. The van der Waals surface area contributed by atoms with Crippen LogP contribution in [0.3, 0.4) is 0 Å². The molecule has 2 N–H and O–H groups in total. The van der Waals surface area contributed by atoms with E-state index < -0.39 is 0 Å². The summed E-state index contributed by atoms with van der Waals surface area (Å²) < 4.78 is 0. The van der Waals surface area contributed by atoms with E-state index in [1.807, 2.05) is 0 Å². The Hall–Kier alpha value is -2.00. The Morgan fingerprint density at radius 1 is 1.04 bits per heavy atom. The Bertz CT molecular complexity index is 680. The molecule has 0 unspecified atom stereocenters. The zero-order valence-electron chi connectivity index (χ0n) is 15.0. The standard InChI is InChI=1S/C21H28N2O/c1-15-12-16(2)19(17(3)13-15)14-22-20-6-4-5-7-21(20)23-10-8-18(24)9-11-23/h4-7,12-13,18,22,24H,8-11,14H2,1-3H3. The number of aryl methyl sites for hydroxylation is 3. The Kier molecular flexibility index (Phi) is 5.10. The van der Waals surface area contributed by atoms with E-state index in [0.717, 1.165) is 32.5 Å². The topological polar surface area (TPSA) is 35.5 Å². The van der Waals surface area contributed by atoms with Crippen LogP contribution in [-0.4, -0.2) is 24.3 Å². The molecular formula is C21H28N2O. The summed E-state index contributed by atoms with van der Waals surface area (Å²) in [6.45, 7) is 9.21. The molecule has 24 heavy (non-hydrogen) atoms. The number of aliphatic hydroxyl groups excluding tert-OH is 1. The Balaban J connectivity index is 1.77. The summed E-state index contributed by atoms with van der Waals surface area (Å²) >= 11 is 0. The number of benzene rings is 2. The first-order chi connectivity index (χ1) is 11.5. The van der Waals surface area contributed by atoms with Gasteiger partial charge in [-0.2, -0.15) is 0 Å². The maximum absolute atomic E-state index is 9.74. The average molecular weight is 324 g/mol. The van der Waals surface area contributed by atoms with Crippen molar-refractivity contribution in [1.29, 1.82) is 0 Å². The van der Waals surface area contributed by atoms with Crippen molar-refractivity contribution in [3.05, 3.63) is 58.7 Å². The van der Waals surface area contributed by atoms with Crippen LogP contribution < -0.4 is 10.2 Å². The fourth-order valence-corrected chi connectivity index (χ4v) is 3.68. The number of anilines is 2. The van der Waals surface area contributed by atoms with Crippen molar-refractivity contribution in [3.63, 3.8) is 0 Å². The number of para-hydroxylation sites is 2. The molecule has 0 amide bonds. The fraction of sp³-hybridized carbons (Fsp3) is 0.429. The van der Waals surface area contributed by atoms with E-state index in [1.165, 1.54) is 33.6 Å². The van der Waals surface area contributed by atoms with Crippen molar-refractivity contribution >= 4 is 11.4 Å². The van der Waals surface area contributed by atoms with Crippen LogP contribution in [0, 0.1) is 20.8 Å². The maximum atomic E-state index is 9.74. The summed E-state index contributed by atoms with van der Waals surface area (Å²) in [6.07, 6.45) is 1.56. The molecule has 1 fully saturated rings. The SMILES string of the molecule is Cc1cc(C)c(CNc2ccccc2N2CCC(O)CC2)c(C)c1. The monoisotopic (exact) mass is 324 g/mol. The van der Waals surface area contributed by atoms with Crippen LogP contribution in [0.2, 0.25) is 0 Å². The molecule has 0 aliphatic carbocycles. The lowest BCUT2D eigenvalue weighted by atomic mass is 9.99. The predicted molar refractivity (Wildman–Crippen MR) is 102 cm³/mol. The van der Waals surface area contributed by atoms with Gasteiger partial charge in [-0.25, -0.2) is 0 Å². The summed E-state index contributed by atoms with van der Waals surface area (Å²) in [7, 11) is 0. The molecule has 0 radical (unpaired) electrons. The molecule has 3 rings (SSSR count). The van der Waals surface area contributed by atoms with Crippen LogP contribution in [-0.2, 0) is 6.54 Å². The fourth-order valence-electron chi connectivity index (χ4n) is 3.68. The van der Waals surface area contributed by atoms with Gasteiger partial charge in [0.05, 0.1) is 17.5 Å². The third-order valence-corrected chi connectivity index (χ3v) is 5.01. The van der Waals surface area contributed by atoms with E-state index in [2.05, 4.69) is 67.4 Å². The molecule has 1 saturated heterocycles. The second-order valence-electron chi connectivity index (χ2n) is 6.97. The van der Waals surface area contributed by atoms with Gasteiger partial charge in [0.25, 0.3) is 0 Å². The second-order valence-corrected chi connectivity index (χ2v) is 6.97. The van der Waals surface area contributed by atoms with Gasteiger partial charge in [0.1, 0.15) is 0 Å². The first-order valence-electron chi connectivity index (χ1n) is 8.87. The van der Waals surface area contributed by atoms with E-state index in [-0.39, 0.29) is 6.10 Å². The molecule has 2 aromatic carbocycles. The lowest BCUT2D eigenvalue weighted by molar-refractivity contribution is 0.145. The molecular weight excluding hydrogens is 296 g/mol. The predicted octanol–water partition coefficient (Wildman–Crippen LogP) is 4.19. The van der Waals surface area contributed by atoms with Crippen molar-refractivity contribution in [2.45, 2.75) is 46.3 Å². The van der Waals surface area contributed by atoms with Gasteiger partial charge in [-0.05, 0) is 62.4 Å². The third-order valence-electron chi connectivity index (χ3n) is 5.01. The number of piperidine rings is 1. The van der Waals surface area contributed by atoms with E-state index >= 15 is 0 Å². The molecule has 3 heteroatoms. The van der Waals surface area contributed by atoms with Crippen LogP contribution in [0.25, 0.3) is 0 Å². The normalized spacial score (nSPS) is 15.6. The number of nitrogens with one attached hydrogen (secondary N) is 1. The minimum absolute atomic E-state index is 0.140. The van der Waals surface area contributed by atoms with E-state index in [9.17, 15) is 5.11 Å². The largest absolute Gasteiger partial charge is 0.393 e. The van der Waals surface area contributed by atoms with Crippen LogP contribution >= 0.6 is 0 Å². The summed E-state index contributed by atoms with van der Waals surface area (Å²) in [6, 6.07) is 13.0. The molecule has 1 aliphatic heterocycles. The van der Waals surface area contributed by atoms with Crippen LogP contribution in [0.15, 0.2) is 36.4 Å². The van der Waals surface area contributed by atoms with Gasteiger partial charge in [-0.1, -0.05) is 29.8 Å². The lowest BCUT2D eigenvalue weighted by Gasteiger charge is -2.33. The lowest BCUT2D eigenvalue weighted by Crippen LogP contribution is -2.36. The Labute approximate surface area is 145 Å². The van der Waals surface area contributed by atoms with Crippen molar-refractivity contribution in [1.82, 2.24) is 0 Å². The maximum Gasteiger partial charge on any atom is 0.0602 e. The number of aliphatic hydroxyl groups is 1. The van der Waals surface area contributed by atoms with Gasteiger partial charge in [0.2, 0.25) is 0 Å². The summed E-state index contributed by atoms with van der Waals surface area (Å²) in [5.41, 5.74) is 7.81. The van der Waals surface area contributed by atoms with Gasteiger partial charge in [0, 0.05) is 19.6 Å². The van der Waals surface area contributed by atoms with Crippen molar-refractivity contribution in [3.8, 4) is 0 Å². The van der Waals surface area contributed by atoms with Gasteiger partial charge in [0.15, 0.2) is 0 Å². The molecule has 0 atom stereocenters. The minimum atomic E-state index is -0.140. The number of hydrogen-bond donors (Lipinski definition) is 2. The molecule has 0 aromatic heterocycles. The van der Waals surface area contributed by atoms with Gasteiger partial charge >= 0.3 is 0 Å². The van der Waals surface area contributed by atoms with Crippen LogP contribution in [0.1, 0.15) is 35.1 Å². The molecule has 3 nitrogen and oxygen atoms in total. The van der Waals surface area contributed by atoms with Crippen molar-refractivity contribution in [2.24, 2.45) is 0 Å². The highest BCUT2D eigenvalue weighted by Crippen LogP contribution is 2.29. The first kappa shape index (κ1) is 16.8. The molecule has 1 aliphatic rings. The number of hydrogen-bond acceptors (Lipinski definition) is 3. The third kappa shape index (κ3) is 3.73. The molecule has 2 aromatic rings. The summed E-state index contributed by atoms with van der Waals surface area (Å²) in [4.78, 5) is 2.38. The first-order valence-corrected chi connectivity index (χ1v) is 8.87. The van der Waals surface area contributed by atoms with Crippen molar-refractivity contribution < 1.29 is 5.11 Å². The van der Waals surface area contributed by atoms with Gasteiger partial charge in [-0.3, -0.25) is 0 Å². The zero-order chi connectivity index (χ0) is 17.1. The number of rotatable bonds is 4. The average Bonchev–Trinajstić information content (AvgIpc) is 2.55. The molecule has 128 valence electrons. The van der Waals surface area contributed by atoms with E-state index in [0.29, 0.717) is 0 Å². The van der Waals surface area contributed by atoms with E-state index in [4.69, 9.17) is 0 Å². The molecule has 0 bridgehead atoms. The quantitative estimate of drug-likeness (QED) is 0.885. The van der Waals surface area contributed by atoms with Gasteiger partial charge in [-0.15, -0.1) is 0 Å². The summed E-state index contributed by atoms with van der Waals surface area (Å²) in [5.74, 6) is 0. The van der Waals surface area contributed by atoms with Gasteiger partial charge < -0.3 is 15.3 Å². The van der Waals surface area contributed by atoms with Crippen LogP contribution in [0.5, 0.6) is 0 Å². The van der Waals surface area contributed by atoms with Crippen molar-refractivity contribution in [2.75, 3.05) is 23.3 Å². The molecule has 1 heterocycles. The Morgan fingerprint density at radius 3 is 2.33 bits per heavy atom. The minimum Gasteiger partial charge on any atom is -0.393 e. The molecule has 0 spiro atoms. The number of nitrogens with zero attached hydrogens (tertiary/aromatic N) is 1. The Morgan fingerprint density at radius 2 is 1.67 bits per heavy atom. The van der Waals surface area contributed by atoms with E-state index in [1.54, 1.807) is 0 Å².